The summed E-state index contributed by atoms with van der Waals surface area (Å²) in [4.78, 5) is 18.4. The van der Waals surface area contributed by atoms with Crippen LogP contribution in [-0.4, -0.2) is 55.7 Å². The molecule has 2 heterocycles. The van der Waals surface area contributed by atoms with E-state index in [1.54, 1.807) is 24.8 Å². The molecule has 37 heavy (non-hydrogen) atoms. The fourth-order valence-corrected chi connectivity index (χ4v) is 5.58. The maximum absolute atomic E-state index is 12.9. The summed E-state index contributed by atoms with van der Waals surface area (Å²) < 4.78 is 31.5. The number of para-hydroxylation sites is 1. The number of nitrogens with zero attached hydrogens (tertiary/aromatic N) is 4. The molecule has 0 saturated heterocycles. The van der Waals surface area contributed by atoms with Crippen LogP contribution in [0.4, 0.5) is 11.4 Å². The van der Waals surface area contributed by atoms with Gasteiger partial charge in [0, 0.05) is 11.4 Å². The van der Waals surface area contributed by atoms with Gasteiger partial charge >= 0.3 is 0 Å². The Labute approximate surface area is 224 Å². The number of carbonyl (C=O) groups is 1. The smallest absolute Gasteiger partial charge is 0.294 e. The zero-order valence-corrected chi connectivity index (χ0v) is 23.5. The molecule has 2 aliphatic rings. The number of amides is 1. The number of hydrogen-bond acceptors (Lipinski definition) is 7. The molecule has 0 saturated carbocycles. The van der Waals surface area contributed by atoms with Gasteiger partial charge in [-0.15, -0.1) is 0 Å². The number of allylic oxidation sites excluding steroid dienone is 2. The second-order valence-corrected chi connectivity index (χ2v) is 10.8. The first-order chi connectivity index (χ1) is 17.6. The molecule has 0 bridgehead atoms. The number of rotatable bonds is 7. The molecule has 0 aliphatic carbocycles. The maximum atomic E-state index is 12.9. The average molecular weight is 543 g/mol. The van der Waals surface area contributed by atoms with Gasteiger partial charge in [0.2, 0.25) is 0 Å². The molecule has 8 nitrogen and oxygen atoms in total. The van der Waals surface area contributed by atoms with Gasteiger partial charge in [-0.1, -0.05) is 44.7 Å². The lowest BCUT2D eigenvalue weighted by Gasteiger charge is -2.17. The van der Waals surface area contributed by atoms with Crippen LogP contribution in [0.5, 0.6) is 0 Å². The van der Waals surface area contributed by atoms with Crippen molar-refractivity contribution in [3.05, 3.63) is 71.3 Å². The van der Waals surface area contributed by atoms with Crippen LogP contribution < -0.4 is 9.91 Å². The SMILES string of the molecule is CCN(CC)CC.CCN1/C(=C\C=C2\C(=O)N(c3ccc(S(=O)(=O)O)cc3)N=C2C)Sc2ccccc21. The lowest BCUT2D eigenvalue weighted by atomic mass is 10.1. The molecular formula is C27H34N4O4S2. The van der Waals surface area contributed by atoms with E-state index in [0.29, 0.717) is 17.0 Å². The Morgan fingerprint density at radius 1 is 0.973 bits per heavy atom. The summed E-state index contributed by atoms with van der Waals surface area (Å²) in [7, 11) is -4.29. The normalized spacial score (nSPS) is 17.4. The molecule has 0 fully saturated rings. The van der Waals surface area contributed by atoms with Gasteiger partial charge in [-0.2, -0.15) is 18.5 Å². The first kappa shape index (κ1) is 28.6. The van der Waals surface area contributed by atoms with Gasteiger partial charge in [-0.25, -0.2) is 0 Å². The zero-order chi connectivity index (χ0) is 27.2. The fourth-order valence-electron chi connectivity index (χ4n) is 3.97. The molecule has 0 spiro atoms. The third-order valence-electron chi connectivity index (χ3n) is 6.13. The predicted octanol–water partition coefficient (Wildman–Crippen LogP) is 5.40. The van der Waals surface area contributed by atoms with E-state index in [4.69, 9.17) is 4.55 Å². The highest BCUT2D eigenvalue weighted by molar-refractivity contribution is 8.03. The Hall–Kier alpha value is -2.92. The Kier molecular flexibility index (Phi) is 9.72. The molecule has 0 atom stereocenters. The highest BCUT2D eigenvalue weighted by Gasteiger charge is 2.29. The van der Waals surface area contributed by atoms with Gasteiger partial charge in [0.15, 0.2) is 0 Å². The lowest BCUT2D eigenvalue weighted by Crippen LogP contribution is -2.21. The van der Waals surface area contributed by atoms with Crippen LogP contribution in [0.3, 0.4) is 0 Å². The summed E-state index contributed by atoms with van der Waals surface area (Å²) in [5.74, 6) is -0.299. The Balaban J connectivity index is 0.000000479. The van der Waals surface area contributed by atoms with E-state index in [0.717, 1.165) is 17.3 Å². The summed E-state index contributed by atoms with van der Waals surface area (Å²) in [6, 6.07) is 13.5. The van der Waals surface area contributed by atoms with E-state index in [-0.39, 0.29) is 10.8 Å². The van der Waals surface area contributed by atoms with Crippen molar-refractivity contribution in [3.8, 4) is 0 Å². The second-order valence-electron chi connectivity index (χ2n) is 8.29. The largest absolute Gasteiger partial charge is 0.335 e. The van der Waals surface area contributed by atoms with Crippen LogP contribution >= 0.6 is 11.8 Å². The van der Waals surface area contributed by atoms with Crippen molar-refractivity contribution < 1.29 is 17.8 Å². The predicted molar refractivity (Wildman–Crippen MR) is 152 cm³/mol. The number of benzene rings is 2. The van der Waals surface area contributed by atoms with Crippen molar-refractivity contribution in [1.82, 2.24) is 4.90 Å². The molecular weight excluding hydrogens is 508 g/mol. The Morgan fingerprint density at radius 2 is 1.59 bits per heavy atom. The van der Waals surface area contributed by atoms with E-state index < -0.39 is 10.1 Å². The minimum atomic E-state index is -4.29. The Morgan fingerprint density at radius 3 is 2.14 bits per heavy atom. The molecule has 0 radical (unpaired) electrons. The molecule has 1 amide bonds. The van der Waals surface area contributed by atoms with Gasteiger partial charge in [0.25, 0.3) is 16.0 Å². The van der Waals surface area contributed by atoms with Gasteiger partial charge in [-0.3, -0.25) is 9.35 Å². The maximum Gasteiger partial charge on any atom is 0.294 e. The standard InChI is InChI=1S/C21H19N3O4S2.C6H15N/c1-3-23-18-6-4-5-7-19(18)29-20(23)13-12-17-14(2)22-24(21(17)25)15-8-10-16(11-9-15)30(26,27)28;1-4-7(5-2)6-3/h4-13H,3H2,1-2H3,(H,26,27,28);4-6H2,1-3H3/b17-12+,20-13+;. The quantitative estimate of drug-likeness (QED) is 0.370. The Bertz CT molecular complexity index is 1310. The minimum absolute atomic E-state index is 0.239. The van der Waals surface area contributed by atoms with E-state index in [2.05, 4.69) is 54.7 Å². The molecule has 2 aliphatic heterocycles. The second kappa shape index (κ2) is 12.6. The van der Waals surface area contributed by atoms with Crippen LogP contribution in [0.2, 0.25) is 0 Å². The lowest BCUT2D eigenvalue weighted by molar-refractivity contribution is -0.114. The van der Waals surface area contributed by atoms with Gasteiger partial charge < -0.3 is 9.80 Å². The summed E-state index contributed by atoms with van der Waals surface area (Å²) >= 11 is 1.65. The summed E-state index contributed by atoms with van der Waals surface area (Å²) in [5, 5.41) is 6.56. The molecule has 198 valence electrons. The van der Waals surface area contributed by atoms with E-state index in [9.17, 15) is 13.2 Å². The third-order valence-corrected chi connectivity index (χ3v) is 8.13. The van der Waals surface area contributed by atoms with E-state index >= 15 is 0 Å². The summed E-state index contributed by atoms with van der Waals surface area (Å²) in [6.07, 6.45) is 3.69. The molecule has 2 aromatic carbocycles. The van der Waals surface area contributed by atoms with Crippen LogP contribution in [0.25, 0.3) is 0 Å². The van der Waals surface area contributed by atoms with Crippen molar-refractivity contribution in [2.24, 2.45) is 5.10 Å². The van der Waals surface area contributed by atoms with Gasteiger partial charge in [0.05, 0.1) is 32.6 Å². The number of hydrazone groups is 1. The van der Waals surface area contributed by atoms with Crippen molar-refractivity contribution in [1.29, 1.82) is 0 Å². The van der Waals surface area contributed by atoms with Gasteiger partial charge in [-0.05, 0) is 82.0 Å². The van der Waals surface area contributed by atoms with E-state index in [1.807, 2.05) is 18.2 Å². The molecule has 0 aromatic heterocycles. The first-order valence-corrected chi connectivity index (χ1v) is 14.6. The molecule has 2 aromatic rings. The third kappa shape index (κ3) is 6.70. The highest BCUT2D eigenvalue weighted by Crippen LogP contribution is 2.45. The van der Waals surface area contributed by atoms with Crippen LogP contribution in [0, 0.1) is 0 Å². The fraction of sp³-hybridized carbons (Fsp3) is 0.333. The summed E-state index contributed by atoms with van der Waals surface area (Å²) in [6.45, 7) is 14.8. The minimum Gasteiger partial charge on any atom is -0.335 e. The van der Waals surface area contributed by atoms with Crippen LogP contribution in [0.1, 0.15) is 34.6 Å². The molecule has 0 unspecified atom stereocenters. The van der Waals surface area contributed by atoms with Crippen LogP contribution in [-0.2, 0) is 14.9 Å². The number of fused-ring (bicyclic) bond motifs is 1. The highest BCUT2D eigenvalue weighted by atomic mass is 32.2. The number of carbonyl (C=O) groups excluding carboxylic acids is 1. The van der Waals surface area contributed by atoms with Crippen molar-refractivity contribution in [2.45, 2.75) is 44.4 Å². The van der Waals surface area contributed by atoms with Gasteiger partial charge in [0.1, 0.15) is 0 Å². The number of anilines is 2. The summed E-state index contributed by atoms with van der Waals surface area (Å²) in [5.41, 5.74) is 2.60. The molecule has 1 N–H and O–H groups in total. The molecule has 10 heteroatoms. The monoisotopic (exact) mass is 542 g/mol. The molecule has 4 rings (SSSR count). The van der Waals surface area contributed by atoms with Crippen molar-refractivity contribution in [2.75, 3.05) is 36.1 Å². The van der Waals surface area contributed by atoms with Crippen molar-refractivity contribution >= 4 is 44.9 Å². The number of thioether (sulfide) groups is 1. The topological polar surface area (TPSA) is 93.5 Å². The van der Waals surface area contributed by atoms with Crippen molar-refractivity contribution in [3.63, 3.8) is 0 Å². The average Bonchev–Trinajstić information content (AvgIpc) is 3.39. The van der Waals surface area contributed by atoms with Crippen LogP contribution in [0.15, 0.2) is 86.2 Å². The first-order valence-electron chi connectivity index (χ1n) is 12.3. The number of hydrogen-bond donors (Lipinski definition) is 1. The zero-order valence-electron chi connectivity index (χ0n) is 21.9. The van der Waals surface area contributed by atoms with E-state index in [1.165, 1.54) is 53.8 Å².